The van der Waals surface area contributed by atoms with Crippen LogP contribution in [0.25, 0.3) is 0 Å². The zero-order valence-electron chi connectivity index (χ0n) is 10.8. The molecule has 0 heterocycles. The van der Waals surface area contributed by atoms with Crippen molar-refractivity contribution in [1.29, 1.82) is 0 Å². The van der Waals surface area contributed by atoms with Gasteiger partial charge in [-0.1, -0.05) is 36.2 Å². The zero-order valence-corrected chi connectivity index (χ0v) is 12.3. The van der Waals surface area contributed by atoms with E-state index in [1.807, 2.05) is 0 Å². The van der Waals surface area contributed by atoms with Crippen LogP contribution in [-0.4, -0.2) is 30.1 Å². The Balaban J connectivity index is 2.77. The summed E-state index contributed by atoms with van der Waals surface area (Å²) in [4.78, 5) is 12.7. The summed E-state index contributed by atoms with van der Waals surface area (Å²) in [5.74, 6) is -0.581. The minimum Gasteiger partial charge on any atom is -0.333 e. The Kier molecular flexibility index (Phi) is 6.14. The predicted octanol–water partition coefficient (Wildman–Crippen LogP) is 4.34. The average Bonchev–Trinajstić information content (AvgIpc) is 2.31. The van der Waals surface area contributed by atoms with Crippen molar-refractivity contribution < 1.29 is 18.0 Å². The van der Waals surface area contributed by atoms with Gasteiger partial charge in [0, 0.05) is 6.54 Å². The van der Waals surface area contributed by atoms with Crippen LogP contribution >= 0.6 is 23.2 Å². The summed E-state index contributed by atoms with van der Waals surface area (Å²) in [5.41, 5.74) is 0.535. The van der Waals surface area contributed by atoms with E-state index in [1.165, 1.54) is 12.1 Å². The minimum atomic E-state index is -4.40. The lowest BCUT2D eigenvalue weighted by Crippen LogP contribution is -2.40. The molecule has 1 aromatic rings. The van der Waals surface area contributed by atoms with Gasteiger partial charge in [-0.05, 0) is 24.1 Å². The molecule has 0 unspecified atom stereocenters. The van der Waals surface area contributed by atoms with E-state index >= 15 is 0 Å². The molecule has 0 atom stereocenters. The second-order valence-electron chi connectivity index (χ2n) is 4.36. The first-order valence-corrected chi connectivity index (χ1v) is 6.77. The fourth-order valence-electron chi connectivity index (χ4n) is 1.71. The molecule has 0 aliphatic heterocycles. The highest BCUT2D eigenvalue weighted by Crippen LogP contribution is 2.23. The van der Waals surface area contributed by atoms with Gasteiger partial charge in [0.2, 0.25) is 5.91 Å². The third kappa shape index (κ3) is 5.59. The Labute approximate surface area is 125 Å². The average molecular weight is 328 g/mol. The number of benzene rings is 1. The van der Waals surface area contributed by atoms with E-state index in [0.29, 0.717) is 17.0 Å². The molecular weight excluding hydrogens is 314 g/mol. The molecule has 0 radical (unpaired) electrons. The summed E-state index contributed by atoms with van der Waals surface area (Å²) in [5, 5.41) is 0.610. The number of nitrogens with zero attached hydrogens (tertiary/aromatic N) is 1. The van der Waals surface area contributed by atoms with Gasteiger partial charge >= 0.3 is 6.18 Å². The van der Waals surface area contributed by atoms with Crippen molar-refractivity contribution in [2.45, 2.75) is 25.9 Å². The lowest BCUT2D eigenvalue weighted by atomic mass is 10.1. The van der Waals surface area contributed by atoms with Gasteiger partial charge in [-0.25, -0.2) is 0 Å². The van der Waals surface area contributed by atoms with Gasteiger partial charge in [0.15, 0.2) is 0 Å². The van der Waals surface area contributed by atoms with Crippen molar-refractivity contribution in [2.75, 3.05) is 13.1 Å². The molecule has 112 valence electrons. The number of hydrogen-bond acceptors (Lipinski definition) is 1. The highest BCUT2D eigenvalue weighted by Gasteiger charge is 2.32. The molecule has 0 aliphatic rings. The summed E-state index contributed by atoms with van der Waals surface area (Å²) >= 11 is 11.5. The highest BCUT2D eigenvalue weighted by atomic mass is 35.5. The maximum atomic E-state index is 12.4. The molecule has 0 aliphatic carbocycles. The highest BCUT2D eigenvalue weighted by molar-refractivity contribution is 6.42. The molecule has 1 rings (SSSR count). The van der Waals surface area contributed by atoms with E-state index in [9.17, 15) is 18.0 Å². The lowest BCUT2D eigenvalue weighted by molar-refractivity contribution is -0.160. The lowest BCUT2D eigenvalue weighted by Gasteiger charge is -2.23. The molecule has 0 saturated carbocycles. The Morgan fingerprint density at radius 1 is 1.25 bits per heavy atom. The Hall–Kier alpha value is -0.940. The van der Waals surface area contributed by atoms with Crippen LogP contribution in [0.1, 0.15) is 18.9 Å². The van der Waals surface area contributed by atoms with E-state index in [0.717, 1.165) is 4.90 Å². The van der Waals surface area contributed by atoms with Gasteiger partial charge < -0.3 is 4.90 Å². The SMILES string of the molecule is CCCN(CC(F)(F)F)C(=O)Cc1ccc(Cl)c(Cl)c1. The Morgan fingerprint density at radius 2 is 1.90 bits per heavy atom. The molecule has 20 heavy (non-hydrogen) atoms. The molecule has 0 bridgehead atoms. The largest absolute Gasteiger partial charge is 0.406 e. The molecule has 0 aromatic heterocycles. The van der Waals surface area contributed by atoms with Gasteiger partial charge in [-0.15, -0.1) is 0 Å². The number of halogens is 5. The molecule has 1 amide bonds. The van der Waals surface area contributed by atoms with E-state index < -0.39 is 18.6 Å². The molecule has 7 heteroatoms. The Morgan fingerprint density at radius 3 is 2.40 bits per heavy atom. The predicted molar refractivity (Wildman–Crippen MR) is 73.1 cm³/mol. The van der Waals surface area contributed by atoms with Crippen LogP contribution in [-0.2, 0) is 11.2 Å². The number of hydrogen-bond donors (Lipinski definition) is 0. The second-order valence-corrected chi connectivity index (χ2v) is 5.17. The summed E-state index contributed by atoms with van der Waals surface area (Å²) in [6.45, 7) is 0.552. The topological polar surface area (TPSA) is 20.3 Å². The number of rotatable bonds is 5. The number of amides is 1. The third-order valence-electron chi connectivity index (χ3n) is 2.56. The standard InChI is InChI=1S/C13H14Cl2F3NO/c1-2-5-19(8-13(16,17)18)12(20)7-9-3-4-10(14)11(15)6-9/h3-4,6H,2,5,7-8H2,1H3. The molecule has 2 nitrogen and oxygen atoms in total. The Bertz CT molecular complexity index is 477. The van der Waals surface area contributed by atoms with E-state index in [4.69, 9.17) is 23.2 Å². The number of carbonyl (C=O) groups excluding carboxylic acids is 1. The quantitative estimate of drug-likeness (QED) is 0.787. The van der Waals surface area contributed by atoms with Gasteiger partial charge in [0.1, 0.15) is 6.54 Å². The van der Waals surface area contributed by atoms with Crippen molar-refractivity contribution in [1.82, 2.24) is 4.90 Å². The van der Waals surface area contributed by atoms with Crippen LogP contribution in [0.2, 0.25) is 10.0 Å². The fraction of sp³-hybridized carbons (Fsp3) is 0.462. The van der Waals surface area contributed by atoms with Crippen molar-refractivity contribution in [3.63, 3.8) is 0 Å². The summed E-state index contributed by atoms with van der Waals surface area (Å²) < 4.78 is 37.2. The second kappa shape index (κ2) is 7.18. The fourth-order valence-corrected chi connectivity index (χ4v) is 2.03. The van der Waals surface area contributed by atoms with Crippen molar-refractivity contribution in [3.05, 3.63) is 33.8 Å². The van der Waals surface area contributed by atoms with Crippen LogP contribution in [0.3, 0.4) is 0 Å². The van der Waals surface area contributed by atoms with Gasteiger partial charge in [0.05, 0.1) is 16.5 Å². The van der Waals surface area contributed by atoms with Gasteiger partial charge in [0.25, 0.3) is 0 Å². The van der Waals surface area contributed by atoms with Crippen LogP contribution in [0.5, 0.6) is 0 Å². The zero-order chi connectivity index (χ0) is 15.3. The monoisotopic (exact) mass is 327 g/mol. The van der Waals surface area contributed by atoms with Crippen LogP contribution < -0.4 is 0 Å². The third-order valence-corrected chi connectivity index (χ3v) is 3.29. The first-order valence-electron chi connectivity index (χ1n) is 6.01. The maximum absolute atomic E-state index is 12.4. The summed E-state index contributed by atoms with van der Waals surface area (Å²) in [6, 6.07) is 4.57. The van der Waals surface area contributed by atoms with E-state index in [1.54, 1.807) is 13.0 Å². The molecule has 0 saturated heterocycles. The minimum absolute atomic E-state index is 0.0691. The summed E-state index contributed by atoms with van der Waals surface area (Å²) in [6.07, 6.45) is -4.07. The van der Waals surface area contributed by atoms with Crippen molar-refractivity contribution in [3.8, 4) is 0 Å². The van der Waals surface area contributed by atoms with Crippen LogP contribution in [0.4, 0.5) is 13.2 Å². The normalized spacial score (nSPS) is 11.5. The molecule has 0 fully saturated rings. The smallest absolute Gasteiger partial charge is 0.333 e. The first kappa shape index (κ1) is 17.1. The first-order chi connectivity index (χ1) is 9.23. The molecular formula is C13H14Cl2F3NO. The van der Waals surface area contributed by atoms with Crippen LogP contribution in [0.15, 0.2) is 18.2 Å². The summed E-state index contributed by atoms with van der Waals surface area (Å²) in [7, 11) is 0. The number of alkyl halides is 3. The van der Waals surface area contributed by atoms with E-state index in [2.05, 4.69) is 0 Å². The van der Waals surface area contributed by atoms with Crippen molar-refractivity contribution >= 4 is 29.1 Å². The number of carbonyl (C=O) groups is 1. The van der Waals surface area contributed by atoms with Crippen molar-refractivity contribution in [2.24, 2.45) is 0 Å². The van der Waals surface area contributed by atoms with Gasteiger partial charge in [-0.3, -0.25) is 4.79 Å². The van der Waals surface area contributed by atoms with Gasteiger partial charge in [-0.2, -0.15) is 13.2 Å². The maximum Gasteiger partial charge on any atom is 0.406 e. The molecule has 1 aromatic carbocycles. The van der Waals surface area contributed by atoms with E-state index in [-0.39, 0.29) is 18.0 Å². The molecule has 0 N–H and O–H groups in total. The van der Waals surface area contributed by atoms with Crippen LogP contribution in [0, 0.1) is 0 Å². The molecule has 0 spiro atoms.